The molecule has 1 aliphatic heterocycles. The Hall–Kier alpha value is -4.06. The van der Waals surface area contributed by atoms with Crippen LogP contribution in [0.2, 0.25) is 0 Å². The van der Waals surface area contributed by atoms with Gasteiger partial charge in [0.1, 0.15) is 22.9 Å². The largest absolute Gasteiger partial charge is 0.495 e. The Bertz CT molecular complexity index is 1150. The van der Waals surface area contributed by atoms with Crippen LogP contribution < -0.4 is 20.3 Å². The van der Waals surface area contributed by atoms with Crippen LogP contribution in [0.1, 0.15) is 29.6 Å². The zero-order valence-corrected chi connectivity index (χ0v) is 18.3. The maximum atomic E-state index is 13.2. The number of benzene rings is 2. The predicted octanol–water partition coefficient (Wildman–Crippen LogP) is 3.98. The monoisotopic (exact) mass is 448 g/mol. The van der Waals surface area contributed by atoms with E-state index < -0.39 is 5.54 Å². The van der Waals surface area contributed by atoms with Crippen molar-refractivity contribution >= 4 is 23.1 Å². The fourth-order valence-electron chi connectivity index (χ4n) is 4.10. The van der Waals surface area contributed by atoms with Gasteiger partial charge >= 0.3 is 0 Å². The lowest BCUT2D eigenvalue weighted by atomic mass is 9.84. The number of aromatic nitrogens is 2. The first-order valence-electron chi connectivity index (χ1n) is 10.7. The Kier molecular flexibility index (Phi) is 6.45. The van der Waals surface area contributed by atoms with E-state index in [9.17, 15) is 14.4 Å². The lowest BCUT2D eigenvalue weighted by Gasteiger charge is -2.42. The molecule has 4 rings (SSSR count). The van der Waals surface area contributed by atoms with E-state index in [-0.39, 0.29) is 18.1 Å². The van der Waals surface area contributed by atoms with Crippen LogP contribution in [-0.2, 0) is 0 Å². The molecular formula is C24H25FN6O2. The number of nitrogens with one attached hydrogen (secondary N) is 3. The Morgan fingerprint density at radius 1 is 1.24 bits per heavy atom. The number of H-pyrrole nitrogens is 1. The molecule has 1 aromatic heterocycles. The van der Waals surface area contributed by atoms with Crippen molar-refractivity contribution in [1.82, 2.24) is 15.5 Å². The number of amides is 1. The van der Waals surface area contributed by atoms with Crippen LogP contribution in [0, 0.1) is 17.1 Å². The van der Waals surface area contributed by atoms with Crippen molar-refractivity contribution in [3.05, 3.63) is 66.1 Å². The highest BCUT2D eigenvalue weighted by molar-refractivity contribution is 5.99. The Morgan fingerprint density at radius 2 is 1.97 bits per heavy atom. The van der Waals surface area contributed by atoms with Crippen LogP contribution in [0.5, 0.6) is 5.75 Å². The summed E-state index contributed by atoms with van der Waals surface area (Å²) >= 11 is 0. The summed E-state index contributed by atoms with van der Waals surface area (Å²) in [5.74, 6) is 0.525. The summed E-state index contributed by atoms with van der Waals surface area (Å²) in [5.41, 5.74) is 1.29. The van der Waals surface area contributed by atoms with Gasteiger partial charge in [0.25, 0.3) is 5.91 Å². The molecule has 0 atom stereocenters. The third-order valence-corrected chi connectivity index (χ3v) is 5.94. The van der Waals surface area contributed by atoms with Gasteiger partial charge in [0, 0.05) is 18.8 Å². The number of carbonyl (C=O) groups excluding carboxylic acids is 1. The minimum absolute atomic E-state index is 0.205. The molecule has 0 spiro atoms. The summed E-state index contributed by atoms with van der Waals surface area (Å²) < 4.78 is 18.7. The summed E-state index contributed by atoms with van der Waals surface area (Å²) in [6.07, 6.45) is 2.87. The number of anilines is 3. The van der Waals surface area contributed by atoms with E-state index in [1.165, 1.54) is 18.3 Å². The topological polar surface area (TPSA) is 106 Å². The van der Waals surface area contributed by atoms with Gasteiger partial charge in [-0.25, -0.2) is 4.39 Å². The SMILES string of the molecule is COc1ccccc1N1CCC(CC#N)(NC(=O)c2cn[nH]c2Nc2ccc(F)cc2)CC1. The maximum absolute atomic E-state index is 13.2. The molecule has 9 heteroatoms. The highest BCUT2D eigenvalue weighted by atomic mass is 19.1. The molecule has 1 aliphatic rings. The number of piperidine rings is 1. The molecule has 0 aliphatic carbocycles. The Balaban J connectivity index is 1.47. The number of hydrogen-bond donors (Lipinski definition) is 3. The van der Waals surface area contributed by atoms with Crippen LogP contribution in [0.3, 0.4) is 0 Å². The number of nitriles is 1. The van der Waals surface area contributed by atoms with E-state index >= 15 is 0 Å². The number of halogens is 1. The second-order valence-electron chi connectivity index (χ2n) is 8.02. The van der Waals surface area contributed by atoms with Gasteiger partial charge in [0.05, 0.1) is 37.0 Å². The zero-order chi connectivity index (χ0) is 23.3. The molecule has 0 bridgehead atoms. The fraction of sp³-hybridized carbons (Fsp3) is 0.292. The molecule has 1 amide bonds. The van der Waals surface area contributed by atoms with E-state index in [0.717, 1.165) is 11.4 Å². The van der Waals surface area contributed by atoms with E-state index in [1.807, 2.05) is 24.3 Å². The number of hydrogen-bond acceptors (Lipinski definition) is 6. The summed E-state index contributed by atoms with van der Waals surface area (Å²) in [7, 11) is 1.64. The minimum Gasteiger partial charge on any atom is -0.495 e. The average molecular weight is 449 g/mol. The summed E-state index contributed by atoms with van der Waals surface area (Å²) in [4.78, 5) is 15.4. The van der Waals surface area contributed by atoms with Crippen LogP contribution in [0.4, 0.5) is 21.6 Å². The van der Waals surface area contributed by atoms with Crippen LogP contribution >= 0.6 is 0 Å². The number of para-hydroxylation sites is 2. The molecule has 2 heterocycles. The van der Waals surface area contributed by atoms with Gasteiger partial charge in [-0.15, -0.1) is 0 Å². The minimum atomic E-state index is -0.644. The van der Waals surface area contributed by atoms with Gasteiger partial charge in [-0.05, 0) is 49.2 Å². The van der Waals surface area contributed by atoms with Gasteiger partial charge in [0.15, 0.2) is 0 Å². The Morgan fingerprint density at radius 3 is 2.67 bits per heavy atom. The van der Waals surface area contributed by atoms with E-state index in [2.05, 4.69) is 31.8 Å². The number of aromatic amines is 1. The first-order valence-corrected chi connectivity index (χ1v) is 10.7. The number of ether oxygens (including phenoxy) is 1. The molecular weight excluding hydrogens is 423 g/mol. The molecule has 0 unspecified atom stereocenters. The molecule has 170 valence electrons. The molecule has 8 nitrogen and oxygen atoms in total. The maximum Gasteiger partial charge on any atom is 0.257 e. The average Bonchev–Trinajstić information content (AvgIpc) is 3.29. The smallest absolute Gasteiger partial charge is 0.257 e. The van der Waals surface area contributed by atoms with Crippen LogP contribution in [0.15, 0.2) is 54.7 Å². The molecule has 3 N–H and O–H groups in total. The molecule has 0 saturated carbocycles. The standard InChI is InChI=1S/C24H25FN6O2/c1-33-21-5-3-2-4-20(21)31-14-11-24(10-13-26,12-15-31)29-23(32)19-16-27-30-22(19)28-18-8-6-17(25)7-9-18/h2-9,16H,10-12,14-15H2,1H3,(H,29,32)(H2,27,28,30). The van der Waals surface area contributed by atoms with Crippen molar-refractivity contribution in [2.45, 2.75) is 24.8 Å². The number of rotatable bonds is 7. The predicted molar refractivity (Wildman–Crippen MR) is 123 cm³/mol. The van der Waals surface area contributed by atoms with Crippen LogP contribution in [0.25, 0.3) is 0 Å². The molecule has 1 saturated heterocycles. The third-order valence-electron chi connectivity index (χ3n) is 5.94. The van der Waals surface area contributed by atoms with Crippen molar-refractivity contribution in [3.63, 3.8) is 0 Å². The van der Waals surface area contributed by atoms with Crippen LogP contribution in [-0.4, -0.2) is 41.8 Å². The molecule has 33 heavy (non-hydrogen) atoms. The second-order valence-corrected chi connectivity index (χ2v) is 8.02. The van der Waals surface area contributed by atoms with Gasteiger partial charge in [0.2, 0.25) is 0 Å². The number of nitrogens with zero attached hydrogens (tertiary/aromatic N) is 3. The zero-order valence-electron chi connectivity index (χ0n) is 18.3. The van der Waals surface area contributed by atoms with Gasteiger partial charge in [-0.1, -0.05) is 12.1 Å². The van der Waals surface area contributed by atoms with Crippen molar-refractivity contribution in [2.24, 2.45) is 0 Å². The summed E-state index contributed by atoms with van der Waals surface area (Å²) in [5, 5.41) is 22.4. The fourth-order valence-corrected chi connectivity index (χ4v) is 4.10. The molecule has 3 aromatic rings. The summed E-state index contributed by atoms with van der Waals surface area (Å²) in [6.45, 7) is 1.35. The van der Waals surface area contributed by atoms with Crippen molar-refractivity contribution in [2.75, 3.05) is 30.4 Å². The van der Waals surface area contributed by atoms with Gasteiger partial charge in [-0.2, -0.15) is 10.4 Å². The quantitative estimate of drug-likeness (QED) is 0.505. The molecule has 2 aromatic carbocycles. The number of carbonyl (C=O) groups is 1. The first kappa shape index (κ1) is 22.1. The number of methoxy groups -OCH3 is 1. The highest BCUT2D eigenvalue weighted by Crippen LogP contribution is 2.34. The lowest BCUT2D eigenvalue weighted by Crippen LogP contribution is -2.55. The first-order chi connectivity index (χ1) is 16.0. The Labute approximate surface area is 191 Å². The lowest BCUT2D eigenvalue weighted by molar-refractivity contribution is 0.0883. The summed E-state index contributed by atoms with van der Waals surface area (Å²) in [6, 6.07) is 15.9. The molecule has 0 radical (unpaired) electrons. The van der Waals surface area contributed by atoms with E-state index in [4.69, 9.17) is 4.74 Å². The van der Waals surface area contributed by atoms with Crippen molar-refractivity contribution < 1.29 is 13.9 Å². The normalized spacial score (nSPS) is 14.9. The van der Waals surface area contributed by atoms with Crippen molar-refractivity contribution in [1.29, 1.82) is 5.26 Å². The molecule has 1 fully saturated rings. The second kappa shape index (κ2) is 9.61. The van der Waals surface area contributed by atoms with E-state index in [0.29, 0.717) is 43.0 Å². The van der Waals surface area contributed by atoms with Gasteiger partial charge in [-0.3, -0.25) is 9.89 Å². The third kappa shape index (κ3) is 4.90. The van der Waals surface area contributed by atoms with E-state index in [1.54, 1.807) is 19.2 Å². The van der Waals surface area contributed by atoms with Crippen molar-refractivity contribution in [3.8, 4) is 11.8 Å². The highest BCUT2D eigenvalue weighted by Gasteiger charge is 2.37. The van der Waals surface area contributed by atoms with Gasteiger partial charge < -0.3 is 20.3 Å².